The van der Waals surface area contributed by atoms with Gasteiger partial charge in [-0.15, -0.1) is 0 Å². The van der Waals surface area contributed by atoms with Crippen LogP contribution in [0.3, 0.4) is 0 Å². The molecular weight excluding hydrogens is 220 g/mol. The highest BCUT2D eigenvalue weighted by atomic mass is 14.7. The first kappa shape index (κ1) is 11.0. The third-order valence-corrected chi connectivity index (χ3v) is 5.65. The fraction of sp³-hybridized carbons (Fsp3) is 0.688. The van der Waals surface area contributed by atoms with Crippen LogP contribution in [0.25, 0.3) is 0 Å². The van der Waals surface area contributed by atoms with E-state index in [0.29, 0.717) is 6.54 Å². The van der Waals surface area contributed by atoms with Crippen molar-refractivity contribution >= 4 is 0 Å². The Balaban J connectivity index is 1.68. The standard InChI is InChI=1S/C16H22N2/c17-9-10-1-2-18-15(8-10)16-13-4-11-3-12(6-13)7-14(16)5-11/h1-2,8,11-14,16H,3-7,9,17H2. The summed E-state index contributed by atoms with van der Waals surface area (Å²) in [6, 6.07) is 4.33. The minimum absolute atomic E-state index is 0.642. The van der Waals surface area contributed by atoms with Crippen molar-refractivity contribution in [1.29, 1.82) is 0 Å². The van der Waals surface area contributed by atoms with Gasteiger partial charge >= 0.3 is 0 Å². The number of nitrogens with zero attached hydrogens (tertiary/aromatic N) is 1. The number of hydrogen-bond acceptors (Lipinski definition) is 2. The maximum absolute atomic E-state index is 5.77. The number of aromatic nitrogens is 1. The van der Waals surface area contributed by atoms with Crippen LogP contribution in [-0.4, -0.2) is 4.98 Å². The van der Waals surface area contributed by atoms with Crippen LogP contribution in [-0.2, 0) is 6.54 Å². The van der Waals surface area contributed by atoms with Gasteiger partial charge in [0.1, 0.15) is 0 Å². The Morgan fingerprint density at radius 1 is 1.06 bits per heavy atom. The van der Waals surface area contributed by atoms with Gasteiger partial charge in [-0.2, -0.15) is 0 Å². The second-order valence-electron chi connectivity index (χ2n) is 6.75. The molecule has 0 unspecified atom stereocenters. The van der Waals surface area contributed by atoms with Crippen LogP contribution >= 0.6 is 0 Å². The molecule has 0 aromatic carbocycles. The molecule has 0 aliphatic heterocycles. The molecular formula is C16H22N2. The lowest BCUT2D eigenvalue weighted by atomic mass is 9.51. The van der Waals surface area contributed by atoms with Gasteiger partial charge in [-0.1, -0.05) is 0 Å². The molecule has 0 radical (unpaired) electrons. The van der Waals surface area contributed by atoms with Gasteiger partial charge in [0.25, 0.3) is 0 Å². The number of rotatable bonds is 2. The predicted molar refractivity (Wildman–Crippen MR) is 71.9 cm³/mol. The molecule has 1 aromatic heterocycles. The van der Waals surface area contributed by atoms with Crippen molar-refractivity contribution in [3.63, 3.8) is 0 Å². The molecule has 4 saturated carbocycles. The van der Waals surface area contributed by atoms with E-state index in [1.165, 1.54) is 43.4 Å². The van der Waals surface area contributed by atoms with Crippen LogP contribution in [0.15, 0.2) is 18.3 Å². The average Bonchev–Trinajstić information content (AvgIpc) is 2.38. The fourth-order valence-corrected chi connectivity index (χ4v) is 5.21. The van der Waals surface area contributed by atoms with Crippen molar-refractivity contribution in [2.24, 2.45) is 29.4 Å². The summed E-state index contributed by atoms with van der Waals surface area (Å²) in [5.74, 6) is 4.66. The molecule has 96 valence electrons. The minimum Gasteiger partial charge on any atom is -0.326 e. The normalized spacial score (nSPS) is 41.3. The van der Waals surface area contributed by atoms with E-state index in [-0.39, 0.29) is 0 Å². The van der Waals surface area contributed by atoms with Gasteiger partial charge in [0, 0.05) is 24.4 Å². The Bertz CT molecular complexity index is 426. The molecule has 0 atom stereocenters. The monoisotopic (exact) mass is 242 g/mol. The van der Waals surface area contributed by atoms with Gasteiger partial charge in [0.15, 0.2) is 0 Å². The summed E-state index contributed by atoms with van der Waals surface area (Å²) in [5.41, 5.74) is 8.35. The van der Waals surface area contributed by atoms with Gasteiger partial charge in [-0.3, -0.25) is 4.98 Å². The van der Waals surface area contributed by atoms with Crippen molar-refractivity contribution in [2.75, 3.05) is 0 Å². The average molecular weight is 242 g/mol. The van der Waals surface area contributed by atoms with Crippen LogP contribution in [0.2, 0.25) is 0 Å². The Hall–Kier alpha value is -0.890. The predicted octanol–water partition coefficient (Wildman–Crippen LogP) is 3.08. The van der Waals surface area contributed by atoms with Crippen molar-refractivity contribution in [1.82, 2.24) is 4.98 Å². The molecule has 18 heavy (non-hydrogen) atoms. The highest BCUT2D eigenvalue weighted by Gasteiger charge is 2.48. The zero-order valence-corrected chi connectivity index (χ0v) is 10.9. The van der Waals surface area contributed by atoms with Crippen LogP contribution in [0.5, 0.6) is 0 Å². The summed E-state index contributed by atoms with van der Waals surface area (Å²) in [4.78, 5) is 4.68. The zero-order chi connectivity index (χ0) is 12.1. The van der Waals surface area contributed by atoms with Crippen LogP contribution in [0.1, 0.15) is 49.3 Å². The lowest BCUT2D eigenvalue weighted by Gasteiger charge is -2.54. The Morgan fingerprint density at radius 2 is 1.72 bits per heavy atom. The molecule has 5 rings (SSSR count). The smallest absolute Gasteiger partial charge is 0.0443 e. The van der Waals surface area contributed by atoms with Crippen LogP contribution in [0.4, 0.5) is 0 Å². The maximum Gasteiger partial charge on any atom is 0.0443 e. The summed E-state index contributed by atoms with van der Waals surface area (Å²) in [5, 5.41) is 0. The summed E-state index contributed by atoms with van der Waals surface area (Å²) >= 11 is 0. The quantitative estimate of drug-likeness (QED) is 0.865. The maximum atomic E-state index is 5.77. The van der Waals surface area contributed by atoms with E-state index in [0.717, 1.165) is 29.6 Å². The molecule has 4 fully saturated rings. The highest BCUT2D eigenvalue weighted by molar-refractivity contribution is 5.22. The van der Waals surface area contributed by atoms with Crippen molar-refractivity contribution in [2.45, 2.75) is 44.6 Å². The molecule has 4 aliphatic carbocycles. The largest absolute Gasteiger partial charge is 0.326 e. The van der Waals surface area contributed by atoms with E-state index >= 15 is 0 Å². The second-order valence-corrected chi connectivity index (χ2v) is 6.75. The fourth-order valence-electron chi connectivity index (χ4n) is 5.21. The first-order chi connectivity index (χ1) is 8.83. The van der Waals surface area contributed by atoms with Gasteiger partial charge < -0.3 is 5.73 Å². The number of hydrogen-bond donors (Lipinski definition) is 1. The molecule has 0 amide bonds. The van der Waals surface area contributed by atoms with Crippen molar-refractivity contribution in [3.8, 4) is 0 Å². The van der Waals surface area contributed by atoms with Crippen molar-refractivity contribution in [3.05, 3.63) is 29.6 Å². The van der Waals surface area contributed by atoms with E-state index in [2.05, 4.69) is 17.1 Å². The molecule has 2 heteroatoms. The van der Waals surface area contributed by atoms with Gasteiger partial charge in [0.05, 0.1) is 0 Å². The summed E-state index contributed by atoms with van der Waals surface area (Å²) < 4.78 is 0. The zero-order valence-electron chi connectivity index (χ0n) is 10.9. The number of nitrogens with two attached hydrogens (primary N) is 1. The van der Waals surface area contributed by atoms with E-state index in [9.17, 15) is 0 Å². The third kappa shape index (κ3) is 1.62. The molecule has 4 aliphatic rings. The topological polar surface area (TPSA) is 38.9 Å². The highest BCUT2D eigenvalue weighted by Crippen LogP contribution is 2.59. The minimum atomic E-state index is 0.642. The Morgan fingerprint density at radius 3 is 2.33 bits per heavy atom. The third-order valence-electron chi connectivity index (χ3n) is 5.65. The Kier molecular flexibility index (Phi) is 2.47. The van der Waals surface area contributed by atoms with Gasteiger partial charge in [-0.25, -0.2) is 0 Å². The first-order valence-corrected chi connectivity index (χ1v) is 7.48. The van der Waals surface area contributed by atoms with E-state index in [1.807, 2.05) is 6.20 Å². The Labute approximate surface area is 109 Å². The van der Waals surface area contributed by atoms with Gasteiger partial charge in [-0.05, 0) is 73.5 Å². The van der Waals surface area contributed by atoms with E-state index < -0.39 is 0 Å². The molecule has 1 aromatic rings. The molecule has 1 heterocycles. The number of pyridine rings is 1. The van der Waals surface area contributed by atoms with Gasteiger partial charge in [0.2, 0.25) is 0 Å². The first-order valence-electron chi connectivity index (χ1n) is 7.48. The van der Waals surface area contributed by atoms with Crippen LogP contribution in [0, 0.1) is 23.7 Å². The molecule has 2 nitrogen and oxygen atoms in total. The molecule has 0 saturated heterocycles. The molecule has 2 N–H and O–H groups in total. The van der Waals surface area contributed by atoms with Crippen LogP contribution < -0.4 is 5.73 Å². The van der Waals surface area contributed by atoms with Crippen molar-refractivity contribution < 1.29 is 0 Å². The molecule has 0 spiro atoms. The second kappa shape index (κ2) is 4.06. The summed E-state index contributed by atoms with van der Waals surface area (Å²) in [7, 11) is 0. The lowest BCUT2D eigenvalue weighted by molar-refractivity contribution is -0.00417. The summed E-state index contributed by atoms with van der Waals surface area (Å²) in [6.07, 6.45) is 9.34. The molecule has 4 bridgehead atoms. The van der Waals surface area contributed by atoms with E-state index in [1.54, 1.807) is 0 Å². The SMILES string of the molecule is NCc1ccnc(C2C3CC4CC(C3)CC2C4)c1. The lowest BCUT2D eigenvalue weighted by Crippen LogP contribution is -2.44. The summed E-state index contributed by atoms with van der Waals surface area (Å²) in [6.45, 7) is 0.642. The van der Waals surface area contributed by atoms with E-state index in [4.69, 9.17) is 5.73 Å².